The van der Waals surface area contributed by atoms with Gasteiger partial charge in [0.1, 0.15) is 11.5 Å². The highest BCUT2D eigenvalue weighted by atomic mass is 16.6. The Hall–Kier alpha value is -1.91. The van der Waals surface area contributed by atoms with Crippen LogP contribution in [-0.2, 0) is 4.74 Å². The number of hydrogen-bond acceptors (Lipinski definition) is 4. The molecule has 5 nitrogen and oxygen atoms in total. The SMILES string of the molecule is COc1ccc(OC)c(C2CN(C(C)C)C(=O)O2)c1. The summed E-state index contributed by atoms with van der Waals surface area (Å²) in [5, 5.41) is 0. The van der Waals surface area contributed by atoms with Crippen molar-refractivity contribution in [1.29, 1.82) is 0 Å². The van der Waals surface area contributed by atoms with Gasteiger partial charge in [0.15, 0.2) is 6.10 Å². The van der Waals surface area contributed by atoms with Gasteiger partial charge in [0.05, 0.1) is 20.8 Å². The summed E-state index contributed by atoms with van der Waals surface area (Å²) in [4.78, 5) is 13.5. The predicted octanol–water partition coefficient (Wildman–Crippen LogP) is 2.61. The third-order valence-electron chi connectivity index (χ3n) is 3.25. The summed E-state index contributed by atoms with van der Waals surface area (Å²) in [5.41, 5.74) is 0.832. The van der Waals surface area contributed by atoms with Crippen molar-refractivity contribution in [3.63, 3.8) is 0 Å². The summed E-state index contributed by atoms with van der Waals surface area (Å²) >= 11 is 0. The number of benzene rings is 1. The van der Waals surface area contributed by atoms with Crippen LogP contribution < -0.4 is 9.47 Å². The summed E-state index contributed by atoms with van der Waals surface area (Å²) in [5.74, 6) is 1.42. The van der Waals surface area contributed by atoms with Gasteiger partial charge in [-0.15, -0.1) is 0 Å². The van der Waals surface area contributed by atoms with Crippen LogP contribution in [0.3, 0.4) is 0 Å². The maximum atomic E-state index is 11.8. The summed E-state index contributed by atoms with van der Waals surface area (Å²) < 4.78 is 15.9. The molecule has 1 aromatic rings. The summed E-state index contributed by atoms with van der Waals surface area (Å²) in [6.07, 6.45) is -0.607. The molecule has 0 N–H and O–H groups in total. The van der Waals surface area contributed by atoms with E-state index in [1.54, 1.807) is 19.1 Å². The number of nitrogens with zero attached hydrogens (tertiary/aromatic N) is 1. The Morgan fingerprint density at radius 1 is 1.32 bits per heavy atom. The Morgan fingerprint density at radius 3 is 2.58 bits per heavy atom. The molecule has 1 atom stereocenters. The number of rotatable bonds is 4. The van der Waals surface area contributed by atoms with Gasteiger partial charge in [-0.1, -0.05) is 0 Å². The van der Waals surface area contributed by atoms with E-state index in [2.05, 4.69) is 0 Å². The van der Waals surface area contributed by atoms with Gasteiger partial charge >= 0.3 is 6.09 Å². The zero-order valence-corrected chi connectivity index (χ0v) is 11.7. The van der Waals surface area contributed by atoms with Crippen molar-refractivity contribution in [2.45, 2.75) is 26.0 Å². The molecule has 5 heteroatoms. The summed E-state index contributed by atoms with van der Waals surface area (Å²) in [6.45, 7) is 4.46. The number of cyclic esters (lactones) is 1. The monoisotopic (exact) mass is 265 g/mol. The highest BCUT2D eigenvalue weighted by Crippen LogP contribution is 2.35. The second kappa shape index (κ2) is 5.38. The van der Waals surface area contributed by atoms with Crippen LogP contribution in [0.5, 0.6) is 11.5 Å². The fourth-order valence-corrected chi connectivity index (χ4v) is 2.15. The normalized spacial score (nSPS) is 18.7. The van der Waals surface area contributed by atoms with Gasteiger partial charge in [0, 0.05) is 11.6 Å². The van der Waals surface area contributed by atoms with Crippen molar-refractivity contribution in [1.82, 2.24) is 4.90 Å². The van der Waals surface area contributed by atoms with Crippen LogP contribution in [0.4, 0.5) is 4.79 Å². The lowest BCUT2D eigenvalue weighted by atomic mass is 10.1. The second-order valence-corrected chi connectivity index (χ2v) is 4.73. The van der Waals surface area contributed by atoms with Crippen LogP contribution in [0.15, 0.2) is 18.2 Å². The molecule has 0 spiro atoms. The van der Waals surface area contributed by atoms with E-state index >= 15 is 0 Å². The maximum absolute atomic E-state index is 11.8. The van der Waals surface area contributed by atoms with Gasteiger partial charge in [-0.3, -0.25) is 0 Å². The summed E-state index contributed by atoms with van der Waals surface area (Å²) in [7, 11) is 3.20. The highest BCUT2D eigenvalue weighted by Gasteiger charge is 2.35. The molecule has 19 heavy (non-hydrogen) atoms. The quantitative estimate of drug-likeness (QED) is 0.839. The Bertz CT molecular complexity index is 473. The first-order valence-corrected chi connectivity index (χ1v) is 6.26. The van der Waals surface area contributed by atoms with Crippen molar-refractivity contribution >= 4 is 6.09 Å². The minimum Gasteiger partial charge on any atom is -0.497 e. The molecule has 1 aromatic carbocycles. The zero-order valence-electron chi connectivity index (χ0n) is 11.7. The lowest BCUT2D eigenvalue weighted by molar-refractivity contribution is 0.129. The van der Waals surface area contributed by atoms with E-state index in [4.69, 9.17) is 14.2 Å². The van der Waals surface area contributed by atoms with E-state index in [0.717, 1.165) is 11.3 Å². The molecule has 1 unspecified atom stereocenters. The molecule has 0 saturated carbocycles. The molecule has 0 aliphatic carbocycles. The van der Waals surface area contributed by atoms with E-state index < -0.39 is 0 Å². The molecule has 0 aromatic heterocycles. The van der Waals surface area contributed by atoms with Crippen LogP contribution in [0, 0.1) is 0 Å². The second-order valence-electron chi connectivity index (χ2n) is 4.73. The summed E-state index contributed by atoms with van der Waals surface area (Å²) in [6, 6.07) is 5.61. The Kier molecular flexibility index (Phi) is 3.83. The standard InChI is InChI=1S/C14H19NO4/c1-9(2)15-8-13(19-14(15)16)11-7-10(17-3)5-6-12(11)18-4/h5-7,9,13H,8H2,1-4H3. The zero-order chi connectivity index (χ0) is 14.0. The lowest BCUT2D eigenvalue weighted by Crippen LogP contribution is -2.31. The van der Waals surface area contributed by atoms with Gasteiger partial charge in [0.2, 0.25) is 0 Å². The smallest absolute Gasteiger partial charge is 0.410 e. The number of amides is 1. The number of methoxy groups -OCH3 is 2. The molecular formula is C14H19NO4. The first kappa shape index (κ1) is 13.5. The molecule has 0 bridgehead atoms. The van der Waals surface area contributed by atoms with E-state index in [0.29, 0.717) is 12.3 Å². The van der Waals surface area contributed by atoms with Crippen molar-refractivity contribution < 1.29 is 19.0 Å². The maximum Gasteiger partial charge on any atom is 0.410 e. The van der Waals surface area contributed by atoms with E-state index in [1.807, 2.05) is 32.0 Å². The van der Waals surface area contributed by atoms with E-state index in [9.17, 15) is 4.79 Å². The largest absolute Gasteiger partial charge is 0.497 e. The van der Waals surface area contributed by atoms with Crippen molar-refractivity contribution in [2.75, 3.05) is 20.8 Å². The van der Waals surface area contributed by atoms with Crippen molar-refractivity contribution in [3.8, 4) is 11.5 Å². The molecule has 1 aliphatic rings. The van der Waals surface area contributed by atoms with Crippen LogP contribution in [0.25, 0.3) is 0 Å². The molecule has 1 saturated heterocycles. The van der Waals surface area contributed by atoms with Gasteiger partial charge in [0.25, 0.3) is 0 Å². The molecule has 1 amide bonds. The van der Waals surface area contributed by atoms with E-state index in [-0.39, 0.29) is 18.2 Å². The van der Waals surface area contributed by atoms with Crippen LogP contribution >= 0.6 is 0 Å². The third-order valence-corrected chi connectivity index (χ3v) is 3.25. The van der Waals surface area contributed by atoms with Crippen molar-refractivity contribution in [2.24, 2.45) is 0 Å². The average molecular weight is 265 g/mol. The Balaban J connectivity index is 2.29. The Labute approximate surface area is 113 Å². The fourth-order valence-electron chi connectivity index (χ4n) is 2.15. The fraction of sp³-hybridized carbons (Fsp3) is 0.500. The van der Waals surface area contributed by atoms with Crippen LogP contribution in [-0.4, -0.2) is 37.8 Å². The number of ether oxygens (including phenoxy) is 3. The van der Waals surface area contributed by atoms with Gasteiger partial charge < -0.3 is 19.1 Å². The topological polar surface area (TPSA) is 48.0 Å². The predicted molar refractivity (Wildman–Crippen MR) is 70.6 cm³/mol. The molecule has 0 radical (unpaired) electrons. The molecule has 104 valence electrons. The molecule has 1 heterocycles. The van der Waals surface area contributed by atoms with Gasteiger partial charge in [-0.25, -0.2) is 4.79 Å². The molecule has 2 rings (SSSR count). The first-order valence-electron chi connectivity index (χ1n) is 6.26. The lowest BCUT2D eigenvalue weighted by Gasteiger charge is -2.17. The number of carbonyl (C=O) groups excluding carboxylic acids is 1. The van der Waals surface area contributed by atoms with Gasteiger partial charge in [-0.05, 0) is 32.0 Å². The minimum atomic E-state index is -0.319. The highest BCUT2D eigenvalue weighted by molar-refractivity contribution is 5.71. The number of hydrogen-bond donors (Lipinski definition) is 0. The van der Waals surface area contributed by atoms with Crippen LogP contribution in [0.2, 0.25) is 0 Å². The van der Waals surface area contributed by atoms with Gasteiger partial charge in [-0.2, -0.15) is 0 Å². The minimum absolute atomic E-state index is 0.120. The van der Waals surface area contributed by atoms with Crippen LogP contribution in [0.1, 0.15) is 25.5 Å². The number of carbonyl (C=O) groups is 1. The molecule has 1 fully saturated rings. The van der Waals surface area contributed by atoms with Crippen molar-refractivity contribution in [3.05, 3.63) is 23.8 Å². The average Bonchev–Trinajstić information content (AvgIpc) is 2.80. The van der Waals surface area contributed by atoms with E-state index in [1.165, 1.54) is 0 Å². The third kappa shape index (κ3) is 2.59. The molecule has 1 aliphatic heterocycles. The Morgan fingerprint density at radius 2 is 2.05 bits per heavy atom. The first-order chi connectivity index (χ1) is 9.06. The molecular weight excluding hydrogens is 246 g/mol.